The van der Waals surface area contributed by atoms with E-state index in [1.54, 1.807) is 11.3 Å². The number of aromatic nitrogens is 3. The minimum atomic E-state index is -0.0969. The van der Waals surface area contributed by atoms with E-state index in [1.807, 2.05) is 20.8 Å². The molecule has 0 saturated heterocycles. The molecular formula is C17H18N4OS2. The van der Waals surface area contributed by atoms with Crippen LogP contribution in [0.2, 0.25) is 0 Å². The van der Waals surface area contributed by atoms with Gasteiger partial charge in [0.05, 0.1) is 10.6 Å². The lowest BCUT2D eigenvalue weighted by molar-refractivity contribution is 0.103. The third kappa shape index (κ3) is 2.52. The average molecular weight is 358 g/mol. The number of aryl methyl sites for hydroxylation is 5. The Morgan fingerprint density at radius 2 is 2.00 bits per heavy atom. The van der Waals surface area contributed by atoms with Gasteiger partial charge in [0.25, 0.3) is 5.91 Å². The Bertz CT molecular complexity index is 936. The van der Waals surface area contributed by atoms with E-state index < -0.39 is 0 Å². The fraction of sp³-hybridized carbons (Fsp3) is 0.412. The maximum atomic E-state index is 12.7. The first kappa shape index (κ1) is 15.7. The molecule has 0 aliphatic heterocycles. The van der Waals surface area contributed by atoms with Crippen molar-refractivity contribution in [1.29, 1.82) is 0 Å². The lowest BCUT2D eigenvalue weighted by Gasteiger charge is -2.02. The Morgan fingerprint density at radius 1 is 1.17 bits per heavy atom. The van der Waals surface area contributed by atoms with Crippen LogP contribution in [0.5, 0.6) is 0 Å². The quantitative estimate of drug-likeness (QED) is 0.766. The third-order valence-electron chi connectivity index (χ3n) is 4.36. The molecule has 0 aromatic carbocycles. The summed E-state index contributed by atoms with van der Waals surface area (Å²) in [7, 11) is 0. The second kappa shape index (κ2) is 5.89. The lowest BCUT2D eigenvalue weighted by Crippen LogP contribution is -2.11. The molecule has 0 radical (unpaired) electrons. The molecule has 0 bridgehead atoms. The van der Waals surface area contributed by atoms with Crippen LogP contribution < -0.4 is 5.32 Å². The monoisotopic (exact) mass is 358 g/mol. The van der Waals surface area contributed by atoms with E-state index >= 15 is 0 Å². The molecule has 7 heteroatoms. The summed E-state index contributed by atoms with van der Waals surface area (Å²) >= 11 is 3.04. The van der Waals surface area contributed by atoms with Crippen molar-refractivity contribution in [1.82, 2.24) is 15.0 Å². The third-order valence-corrected chi connectivity index (χ3v) is 6.61. The summed E-state index contributed by atoms with van der Waals surface area (Å²) in [6.07, 6.45) is 4.08. The smallest absolute Gasteiger partial charge is 0.267 e. The summed E-state index contributed by atoms with van der Waals surface area (Å²) in [5.74, 6) is 0.727. The molecule has 3 aromatic heterocycles. The van der Waals surface area contributed by atoms with Gasteiger partial charge in [0.2, 0.25) is 0 Å². The number of rotatable bonds is 3. The second-order valence-electron chi connectivity index (χ2n) is 6.01. The van der Waals surface area contributed by atoms with Crippen molar-refractivity contribution in [3.8, 4) is 0 Å². The predicted molar refractivity (Wildman–Crippen MR) is 98.4 cm³/mol. The summed E-state index contributed by atoms with van der Waals surface area (Å²) in [5, 5.41) is 4.68. The number of carbonyl (C=O) groups excluding carboxylic acids is 1. The molecular weight excluding hydrogens is 340 g/mol. The highest BCUT2D eigenvalue weighted by atomic mass is 32.1. The fourth-order valence-corrected chi connectivity index (χ4v) is 5.36. The van der Waals surface area contributed by atoms with E-state index in [4.69, 9.17) is 0 Å². The van der Waals surface area contributed by atoms with Crippen LogP contribution in [0.15, 0.2) is 0 Å². The van der Waals surface area contributed by atoms with E-state index in [1.165, 1.54) is 22.6 Å². The van der Waals surface area contributed by atoms with Crippen LogP contribution in [-0.2, 0) is 19.3 Å². The molecule has 0 spiro atoms. The number of hydrogen-bond acceptors (Lipinski definition) is 6. The van der Waals surface area contributed by atoms with Gasteiger partial charge in [-0.3, -0.25) is 10.1 Å². The largest absolute Gasteiger partial charge is 0.297 e. The van der Waals surface area contributed by atoms with Crippen molar-refractivity contribution in [2.24, 2.45) is 0 Å². The number of nitrogens with one attached hydrogen (secondary N) is 1. The first-order valence-electron chi connectivity index (χ1n) is 8.13. The molecule has 0 unspecified atom stereocenters. The summed E-state index contributed by atoms with van der Waals surface area (Å²) in [6, 6.07) is 0. The number of anilines is 1. The molecule has 0 saturated carbocycles. The van der Waals surface area contributed by atoms with Crippen molar-refractivity contribution in [3.05, 3.63) is 32.5 Å². The minimum Gasteiger partial charge on any atom is -0.297 e. The minimum absolute atomic E-state index is 0.0969. The van der Waals surface area contributed by atoms with E-state index in [0.717, 1.165) is 52.3 Å². The number of hydrogen-bond donors (Lipinski definition) is 1. The summed E-state index contributed by atoms with van der Waals surface area (Å²) < 4.78 is 0. The average Bonchev–Trinajstić information content (AvgIpc) is 3.20. The van der Waals surface area contributed by atoms with Gasteiger partial charge in [0.1, 0.15) is 10.7 Å². The molecule has 1 aliphatic rings. The topological polar surface area (TPSA) is 67.8 Å². The van der Waals surface area contributed by atoms with Crippen LogP contribution in [0.3, 0.4) is 0 Å². The molecule has 24 heavy (non-hydrogen) atoms. The van der Waals surface area contributed by atoms with Crippen molar-refractivity contribution in [2.45, 2.75) is 46.5 Å². The first-order chi connectivity index (χ1) is 11.6. The number of fused-ring (bicyclic) bond motifs is 2. The van der Waals surface area contributed by atoms with E-state index in [0.29, 0.717) is 10.0 Å². The molecule has 1 N–H and O–H groups in total. The number of carbonyl (C=O) groups is 1. The molecule has 0 fully saturated rings. The summed E-state index contributed by atoms with van der Waals surface area (Å²) in [4.78, 5) is 29.3. The molecule has 0 atom stereocenters. The van der Waals surface area contributed by atoms with Crippen LogP contribution >= 0.6 is 22.7 Å². The zero-order valence-corrected chi connectivity index (χ0v) is 15.5. The molecule has 3 heterocycles. The van der Waals surface area contributed by atoms with Gasteiger partial charge in [0, 0.05) is 22.4 Å². The highest BCUT2D eigenvalue weighted by molar-refractivity contribution is 7.21. The van der Waals surface area contributed by atoms with Gasteiger partial charge >= 0.3 is 0 Å². The molecule has 1 aliphatic carbocycles. The van der Waals surface area contributed by atoms with Crippen LogP contribution in [0, 0.1) is 13.8 Å². The van der Waals surface area contributed by atoms with Crippen LogP contribution in [-0.4, -0.2) is 20.9 Å². The second-order valence-corrected chi connectivity index (χ2v) is 8.09. The van der Waals surface area contributed by atoms with Gasteiger partial charge in [-0.2, -0.15) is 0 Å². The number of nitrogens with zero attached hydrogens (tertiary/aromatic N) is 3. The fourth-order valence-electron chi connectivity index (χ4n) is 3.17. The Morgan fingerprint density at radius 3 is 2.75 bits per heavy atom. The Hall–Kier alpha value is -1.86. The molecule has 3 aromatic rings. The Balaban J connectivity index is 1.68. The van der Waals surface area contributed by atoms with Crippen LogP contribution in [0.4, 0.5) is 5.13 Å². The van der Waals surface area contributed by atoms with Gasteiger partial charge in [-0.1, -0.05) is 6.92 Å². The van der Waals surface area contributed by atoms with E-state index in [2.05, 4.69) is 20.3 Å². The Kier molecular flexibility index (Phi) is 3.85. The normalized spacial score (nSPS) is 13.5. The van der Waals surface area contributed by atoms with Gasteiger partial charge in [0.15, 0.2) is 5.13 Å². The summed E-state index contributed by atoms with van der Waals surface area (Å²) in [6.45, 7) is 5.99. The van der Waals surface area contributed by atoms with E-state index in [-0.39, 0.29) is 5.91 Å². The van der Waals surface area contributed by atoms with Gasteiger partial charge < -0.3 is 0 Å². The molecule has 5 nitrogen and oxygen atoms in total. The first-order valence-corrected chi connectivity index (χ1v) is 9.76. The zero-order valence-electron chi connectivity index (χ0n) is 13.9. The lowest BCUT2D eigenvalue weighted by atomic mass is 10.1. The standard InChI is InChI=1S/C17H18N4OS2/c1-4-12-18-9(3)13-8(2)14(24-16(13)20-12)15(22)21-17-19-10-6-5-7-11(10)23-17/h4-7H2,1-3H3,(H,19,21,22). The van der Waals surface area contributed by atoms with Crippen molar-refractivity contribution >= 4 is 43.9 Å². The zero-order chi connectivity index (χ0) is 16.8. The Labute approximate surface area is 148 Å². The van der Waals surface area contributed by atoms with Gasteiger partial charge in [-0.25, -0.2) is 15.0 Å². The molecule has 124 valence electrons. The van der Waals surface area contributed by atoms with Gasteiger partial charge in [-0.15, -0.1) is 22.7 Å². The highest BCUT2D eigenvalue weighted by Crippen LogP contribution is 2.34. The number of amides is 1. The predicted octanol–water partition coefficient (Wildman–Crippen LogP) is 4.07. The van der Waals surface area contributed by atoms with Gasteiger partial charge in [-0.05, 0) is 38.7 Å². The van der Waals surface area contributed by atoms with Crippen LogP contribution in [0.1, 0.15) is 50.7 Å². The van der Waals surface area contributed by atoms with E-state index in [9.17, 15) is 4.79 Å². The maximum absolute atomic E-state index is 12.7. The van der Waals surface area contributed by atoms with Crippen molar-refractivity contribution < 1.29 is 4.79 Å². The summed E-state index contributed by atoms with van der Waals surface area (Å²) in [5.41, 5.74) is 3.05. The van der Waals surface area contributed by atoms with Crippen LogP contribution in [0.25, 0.3) is 10.2 Å². The maximum Gasteiger partial charge on any atom is 0.267 e. The van der Waals surface area contributed by atoms with Crippen molar-refractivity contribution in [2.75, 3.05) is 5.32 Å². The highest BCUT2D eigenvalue weighted by Gasteiger charge is 2.22. The molecule has 1 amide bonds. The van der Waals surface area contributed by atoms with Crippen molar-refractivity contribution in [3.63, 3.8) is 0 Å². The molecule has 4 rings (SSSR count). The number of thiophene rings is 1. The number of thiazole rings is 1. The SMILES string of the molecule is CCc1nc(C)c2c(C)c(C(=O)Nc3nc4c(s3)CCC4)sc2n1.